The lowest BCUT2D eigenvalue weighted by molar-refractivity contribution is -0.129. The molecule has 0 spiro atoms. The van der Waals surface area contributed by atoms with E-state index in [2.05, 4.69) is 18.7 Å². The number of piperazine rings is 1. The molecule has 0 N–H and O–H groups in total. The summed E-state index contributed by atoms with van der Waals surface area (Å²) in [6, 6.07) is 7.54. The Labute approximate surface area is 185 Å². The molecule has 31 heavy (non-hydrogen) atoms. The maximum atomic E-state index is 13.2. The van der Waals surface area contributed by atoms with Gasteiger partial charge in [0.25, 0.3) is 5.91 Å². The lowest BCUT2D eigenvalue weighted by atomic mass is 10.00. The van der Waals surface area contributed by atoms with Crippen molar-refractivity contribution < 1.29 is 19.1 Å². The molecule has 2 aliphatic heterocycles. The van der Waals surface area contributed by atoms with Crippen molar-refractivity contribution in [2.45, 2.75) is 59.1 Å². The summed E-state index contributed by atoms with van der Waals surface area (Å²) in [6.07, 6.45) is 0.653. The summed E-state index contributed by atoms with van der Waals surface area (Å²) in [5.41, 5.74) is 1.05. The Morgan fingerprint density at radius 3 is 2.29 bits per heavy atom. The van der Waals surface area contributed by atoms with Crippen LogP contribution in [0.15, 0.2) is 24.3 Å². The van der Waals surface area contributed by atoms with Crippen LogP contribution in [0.4, 0.5) is 4.79 Å². The van der Waals surface area contributed by atoms with Crippen molar-refractivity contribution in [2.24, 2.45) is 5.92 Å². The van der Waals surface area contributed by atoms with Crippen molar-refractivity contribution in [1.82, 2.24) is 14.7 Å². The van der Waals surface area contributed by atoms with Gasteiger partial charge < -0.3 is 9.64 Å². The highest BCUT2D eigenvalue weighted by Crippen LogP contribution is 2.23. The SMILES string of the molecule is CC(C)C(CN1C(=O)CCc2ccccc2C1=O)N1CCN(C(=O)OC(C)(C)C)CC1. The number of benzene rings is 1. The van der Waals surface area contributed by atoms with Crippen molar-refractivity contribution in [2.75, 3.05) is 32.7 Å². The third-order valence-corrected chi connectivity index (χ3v) is 5.98. The minimum absolute atomic E-state index is 0.0407. The minimum atomic E-state index is -0.515. The molecule has 2 heterocycles. The first-order chi connectivity index (χ1) is 14.6. The van der Waals surface area contributed by atoms with E-state index in [1.165, 1.54) is 4.90 Å². The third kappa shape index (κ3) is 5.64. The van der Waals surface area contributed by atoms with Gasteiger partial charge in [0.2, 0.25) is 5.91 Å². The van der Waals surface area contributed by atoms with Crippen LogP contribution in [0.2, 0.25) is 0 Å². The molecule has 1 fully saturated rings. The second kappa shape index (κ2) is 9.39. The summed E-state index contributed by atoms with van der Waals surface area (Å²) in [6.45, 7) is 12.7. The van der Waals surface area contributed by atoms with E-state index < -0.39 is 5.60 Å². The Morgan fingerprint density at radius 2 is 1.68 bits per heavy atom. The largest absolute Gasteiger partial charge is 0.444 e. The molecule has 1 saturated heterocycles. The van der Waals surface area contributed by atoms with Crippen LogP contribution in [0.1, 0.15) is 57.0 Å². The van der Waals surface area contributed by atoms with E-state index in [1.807, 2.05) is 45.0 Å². The van der Waals surface area contributed by atoms with Gasteiger partial charge in [-0.15, -0.1) is 0 Å². The van der Waals surface area contributed by atoms with E-state index in [-0.39, 0.29) is 29.9 Å². The topological polar surface area (TPSA) is 70.2 Å². The molecule has 0 aliphatic carbocycles. The number of carbonyl (C=O) groups excluding carboxylic acids is 3. The summed E-state index contributed by atoms with van der Waals surface area (Å²) in [7, 11) is 0. The zero-order chi connectivity index (χ0) is 22.8. The lowest BCUT2D eigenvalue weighted by Crippen LogP contribution is -2.57. The van der Waals surface area contributed by atoms with Crippen LogP contribution in [0.3, 0.4) is 0 Å². The number of hydrogen-bond donors (Lipinski definition) is 0. The monoisotopic (exact) mass is 429 g/mol. The van der Waals surface area contributed by atoms with Gasteiger partial charge in [-0.2, -0.15) is 0 Å². The quantitative estimate of drug-likeness (QED) is 0.688. The molecule has 3 rings (SSSR count). The van der Waals surface area contributed by atoms with Gasteiger partial charge >= 0.3 is 6.09 Å². The van der Waals surface area contributed by atoms with Crippen LogP contribution in [0, 0.1) is 5.92 Å². The number of fused-ring (bicyclic) bond motifs is 1. The van der Waals surface area contributed by atoms with Crippen molar-refractivity contribution in [3.8, 4) is 0 Å². The molecule has 1 aromatic carbocycles. The average Bonchev–Trinajstić information content (AvgIpc) is 2.82. The first kappa shape index (κ1) is 23.3. The molecule has 1 aromatic rings. The normalized spacial score (nSPS) is 19.3. The van der Waals surface area contributed by atoms with Crippen LogP contribution < -0.4 is 0 Å². The van der Waals surface area contributed by atoms with E-state index in [1.54, 1.807) is 4.90 Å². The summed E-state index contributed by atoms with van der Waals surface area (Å²) in [5.74, 6) is -0.0532. The molecule has 0 bridgehead atoms. The van der Waals surface area contributed by atoms with E-state index in [0.29, 0.717) is 51.1 Å². The van der Waals surface area contributed by atoms with Crippen molar-refractivity contribution >= 4 is 17.9 Å². The van der Waals surface area contributed by atoms with Crippen LogP contribution in [-0.2, 0) is 16.0 Å². The summed E-state index contributed by atoms with van der Waals surface area (Å²) < 4.78 is 5.49. The summed E-state index contributed by atoms with van der Waals surface area (Å²) in [5, 5.41) is 0. The molecule has 7 nitrogen and oxygen atoms in total. The number of carbonyl (C=O) groups is 3. The standard InChI is InChI=1S/C24H35N3O4/c1-17(2)20(25-12-14-26(15-13-25)23(30)31-24(3,4)5)16-27-21(28)11-10-18-8-6-7-9-19(18)22(27)29/h6-9,17,20H,10-16H2,1-5H3. The number of rotatable bonds is 4. The minimum Gasteiger partial charge on any atom is -0.444 e. The molecule has 0 aromatic heterocycles. The zero-order valence-corrected chi connectivity index (χ0v) is 19.4. The van der Waals surface area contributed by atoms with Gasteiger partial charge in [0.15, 0.2) is 0 Å². The predicted molar refractivity (Wildman–Crippen MR) is 119 cm³/mol. The first-order valence-electron chi connectivity index (χ1n) is 11.2. The number of nitrogens with zero attached hydrogens (tertiary/aromatic N) is 3. The number of amides is 3. The number of aryl methyl sites for hydroxylation is 1. The second-order valence-electron chi connectivity index (χ2n) is 9.78. The molecule has 3 amide bonds. The van der Waals surface area contributed by atoms with Gasteiger partial charge in [-0.3, -0.25) is 19.4 Å². The van der Waals surface area contributed by atoms with Gasteiger partial charge in [0.05, 0.1) is 0 Å². The van der Waals surface area contributed by atoms with Crippen LogP contribution in [-0.4, -0.2) is 77.0 Å². The number of hydrogen-bond acceptors (Lipinski definition) is 5. The smallest absolute Gasteiger partial charge is 0.410 e. The molecule has 2 aliphatic rings. The predicted octanol–water partition coefficient (Wildman–Crippen LogP) is 3.18. The maximum absolute atomic E-state index is 13.2. The zero-order valence-electron chi connectivity index (χ0n) is 19.4. The highest BCUT2D eigenvalue weighted by atomic mass is 16.6. The lowest BCUT2D eigenvalue weighted by Gasteiger charge is -2.42. The Kier molecular flexibility index (Phi) is 7.04. The van der Waals surface area contributed by atoms with E-state index in [4.69, 9.17) is 4.74 Å². The van der Waals surface area contributed by atoms with Gasteiger partial charge in [-0.05, 0) is 44.7 Å². The molecule has 1 unspecified atom stereocenters. The van der Waals surface area contributed by atoms with Gasteiger partial charge in [-0.25, -0.2) is 4.79 Å². The molecule has 0 saturated carbocycles. The van der Waals surface area contributed by atoms with Crippen LogP contribution in [0.5, 0.6) is 0 Å². The highest BCUT2D eigenvalue weighted by Gasteiger charge is 2.35. The Balaban J connectivity index is 1.69. The third-order valence-electron chi connectivity index (χ3n) is 5.98. The average molecular weight is 430 g/mol. The number of ether oxygens (including phenoxy) is 1. The van der Waals surface area contributed by atoms with E-state index >= 15 is 0 Å². The van der Waals surface area contributed by atoms with Crippen molar-refractivity contribution in [1.29, 1.82) is 0 Å². The van der Waals surface area contributed by atoms with Gasteiger partial charge in [0.1, 0.15) is 5.60 Å². The highest BCUT2D eigenvalue weighted by molar-refractivity contribution is 6.06. The fraction of sp³-hybridized carbons (Fsp3) is 0.625. The summed E-state index contributed by atoms with van der Waals surface area (Å²) in [4.78, 5) is 43.8. The van der Waals surface area contributed by atoms with Gasteiger partial charge in [-0.1, -0.05) is 32.0 Å². The molecule has 7 heteroatoms. The Morgan fingerprint density at radius 1 is 1.03 bits per heavy atom. The fourth-order valence-corrected chi connectivity index (χ4v) is 4.26. The molecule has 170 valence electrons. The van der Waals surface area contributed by atoms with Gasteiger partial charge in [0, 0.05) is 50.7 Å². The molecule has 0 radical (unpaired) electrons. The van der Waals surface area contributed by atoms with Crippen LogP contribution in [0.25, 0.3) is 0 Å². The van der Waals surface area contributed by atoms with Crippen molar-refractivity contribution in [3.05, 3.63) is 35.4 Å². The first-order valence-corrected chi connectivity index (χ1v) is 11.2. The molecule has 1 atom stereocenters. The molecular weight excluding hydrogens is 394 g/mol. The molecular formula is C24H35N3O4. The fourth-order valence-electron chi connectivity index (χ4n) is 4.26. The maximum Gasteiger partial charge on any atom is 0.410 e. The van der Waals surface area contributed by atoms with Crippen molar-refractivity contribution in [3.63, 3.8) is 0 Å². The van der Waals surface area contributed by atoms with E-state index in [0.717, 1.165) is 5.56 Å². The second-order valence-corrected chi connectivity index (χ2v) is 9.78. The Bertz CT molecular complexity index is 822. The van der Waals surface area contributed by atoms with E-state index in [9.17, 15) is 14.4 Å². The summed E-state index contributed by atoms with van der Waals surface area (Å²) >= 11 is 0. The number of imide groups is 1. The van der Waals surface area contributed by atoms with Crippen LogP contribution >= 0.6 is 0 Å². The Hall–Kier alpha value is -2.41.